The van der Waals surface area contributed by atoms with Crippen LogP contribution in [0.3, 0.4) is 0 Å². The molecule has 138 valence electrons. The van der Waals surface area contributed by atoms with E-state index in [9.17, 15) is 18.0 Å². The Bertz CT molecular complexity index is 828. The lowest BCUT2D eigenvalue weighted by atomic mass is 10.1. The van der Waals surface area contributed by atoms with Crippen molar-refractivity contribution >= 4 is 23.4 Å². The standard InChI is InChI=1S/C17H17F3N4OS/c18-17(19,20)12-3-1-2-4-13(12)21-14(25)9-26-16-23-22-15(10-5-6-10)24(16)11-7-8-11/h1-4,10-11H,5-9H2,(H,21,25). The summed E-state index contributed by atoms with van der Waals surface area (Å²) in [5, 5.41) is 11.5. The van der Waals surface area contributed by atoms with E-state index >= 15 is 0 Å². The Hall–Kier alpha value is -2.03. The molecule has 2 aromatic rings. The molecule has 1 amide bonds. The number of benzene rings is 1. The summed E-state index contributed by atoms with van der Waals surface area (Å²) in [5.41, 5.74) is -1.08. The molecule has 1 aromatic heterocycles. The second kappa shape index (κ2) is 6.61. The molecule has 0 bridgehead atoms. The number of carbonyl (C=O) groups is 1. The number of rotatable bonds is 6. The molecule has 0 atom stereocenters. The van der Waals surface area contributed by atoms with E-state index in [0.717, 1.165) is 37.6 Å². The molecule has 1 aromatic carbocycles. The van der Waals surface area contributed by atoms with Crippen molar-refractivity contribution in [3.05, 3.63) is 35.7 Å². The van der Waals surface area contributed by atoms with Crippen LogP contribution in [0.5, 0.6) is 0 Å². The molecule has 0 spiro atoms. The van der Waals surface area contributed by atoms with Crippen LogP contribution in [-0.2, 0) is 11.0 Å². The minimum atomic E-state index is -4.51. The lowest BCUT2D eigenvalue weighted by Gasteiger charge is -2.13. The lowest BCUT2D eigenvalue weighted by Crippen LogP contribution is -2.18. The first-order valence-corrected chi connectivity index (χ1v) is 9.45. The number of aromatic nitrogens is 3. The fraction of sp³-hybridized carbons (Fsp3) is 0.471. The summed E-state index contributed by atoms with van der Waals surface area (Å²) in [5.74, 6) is 0.939. The van der Waals surface area contributed by atoms with Gasteiger partial charge in [-0.2, -0.15) is 13.2 Å². The molecule has 2 aliphatic rings. The van der Waals surface area contributed by atoms with Gasteiger partial charge >= 0.3 is 6.18 Å². The number of hydrogen-bond acceptors (Lipinski definition) is 4. The number of nitrogens with zero attached hydrogens (tertiary/aromatic N) is 3. The van der Waals surface area contributed by atoms with Gasteiger partial charge in [-0.3, -0.25) is 4.79 Å². The summed E-state index contributed by atoms with van der Waals surface area (Å²) in [6, 6.07) is 5.36. The zero-order chi connectivity index (χ0) is 18.3. The number of amides is 1. The zero-order valence-corrected chi connectivity index (χ0v) is 14.6. The highest BCUT2D eigenvalue weighted by atomic mass is 32.2. The average Bonchev–Trinajstić information content (AvgIpc) is 3.51. The molecule has 0 aliphatic heterocycles. The number of anilines is 1. The van der Waals surface area contributed by atoms with Crippen molar-refractivity contribution in [2.24, 2.45) is 0 Å². The number of carbonyl (C=O) groups excluding carboxylic acids is 1. The van der Waals surface area contributed by atoms with Crippen LogP contribution < -0.4 is 5.32 Å². The van der Waals surface area contributed by atoms with Crippen molar-refractivity contribution in [2.75, 3.05) is 11.1 Å². The van der Waals surface area contributed by atoms with Gasteiger partial charge in [0.1, 0.15) is 5.82 Å². The number of alkyl halides is 3. The van der Waals surface area contributed by atoms with Gasteiger partial charge in [-0.05, 0) is 37.8 Å². The third kappa shape index (κ3) is 3.72. The number of nitrogens with one attached hydrogen (secondary N) is 1. The Balaban J connectivity index is 1.43. The Labute approximate surface area is 152 Å². The normalized spacial score (nSPS) is 17.3. The summed E-state index contributed by atoms with van der Waals surface area (Å²) in [6.07, 6.45) is -0.121. The zero-order valence-electron chi connectivity index (χ0n) is 13.8. The predicted molar refractivity (Wildman–Crippen MR) is 91.1 cm³/mol. The highest BCUT2D eigenvalue weighted by molar-refractivity contribution is 7.99. The first-order chi connectivity index (χ1) is 12.4. The Morgan fingerprint density at radius 2 is 1.92 bits per heavy atom. The summed E-state index contributed by atoms with van der Waals surface area (Å²) < 4.78 is 41.1. The third-order valence-electron chi connectivity index (χ3n) is 4.38. The fourth-order valence-electron chi connectivity index (χ4n) is 2.84. The molecule has 0 saturated heterocycles. The summed E-state index contributed by atoms with van der Waals surface area (Å²) in [4.78, 5) is 12.2. The molecule has 2 saturated carbocycles. The maximum absolute atomic E-state index is 13.0. The molecule has 2 aliphatic carbocycles. The number of halogens is 3. The topological polar surface area (TPSA) is 59.8 Å². The SMILES string of the molecule is O=C(CSc1nnc(C2CC2)n1C1CC1)Nc1ccccc1C(F)(F)F. The van der Waals surface area contributed by atoms with E-state index in [-0.39, 0.29) is 11.4 Å². The first kappa shape index (κ1) is 17.4. The van der Waals surface area contributed by atoms with Gasteiger partial charge in [-0.25, -0.2) is 0 Å². The van der Waals surface area contributed by atoms with Crippen LogP contribution in [0.25, 0.3) is 0 Å². The van der Waals surface area contributed by atoms with Crippen LogP contribution in [0.2, 0.25) is 0 Å². The number of thioether (sulfide) groups is 1. The molecule has 2 fully saturated rings. The average molecular weight is 382 g/mol. The van der Waals surface area contributed by atoms with Crippen LogP contribution in [0.1, 0.15) is 49.0 Å². The molecule has 0 unspecified atom stereocenters. The van der Waals surface area contributed by atoms with E-state index in [2.05, 4.69) is 20.1 Å². The van der Waals surface area contributed by atoms with E-state index < -0.39 is 17.6 Å². The second-order valence-electron chi connectivity index (χ2n) is 6.60. The van der Waals surface area contributed by atoms with E-state index in [1.807, 2.05) is 0 Å². The van der Waals surface area contributed by atoms with Crippen LogP contribution in [0.4, 0.5) is 18.9 Å². The van der Waals surface area contributed by atoms with Crippen molar-refractivity contribution in [3.8, 4) is 0 Å². The smallest absolute Gasteiger partial charge is 0.325 e. The Morgan fingerprint density at radius 3 is 2.58 bits per heavy atom. The molecule has 0 radical (unpaired) electrons. The molecule has 4 rings (SSSR count). The molecule has 1 N–H and O–H groups in total. The lowest BCUT2D eigenvalue weighted by molar-refractivity contribution is -0.137. The van der Waals surface area contributed by atoms with Gasteiger partial charge in [0, 0.05) is 12.0 Å². The monoisotopic (exact) mass is 382 g/mol. The highest BCUT2D eigenvalue weighted by Crippen LogP contribution is 2.46. The molecule has 26 heavy (non-hydrogen) atoms. The van der Waals surface area contributed by atoms with Gasteiger partial charge in [0.15, 0.2) is 5.16 Å². The van der Waals surface area contributed by atoms with Crippen molar-refractivity contribution in [2.45, 2.75) is 49.0 Å². The number of hydrogen-bond donors (Lipinski definition) is 1. The molecular formula is C17H17F3N4OS. The molecule has 1 heterocycles. The van der Waals surface area contributed by atoms with Crippen LogP contribution in [-0.4, -0.2) is 26.4 Å². The predicted octanol–water partition coefficient (Wildman–Crippen LogP) is 4.24. The summed E-state index contributed by atoms with van der Waals surface area (Å²) in [6.45, 7) is 0. The van der Waals surface area contributed by atoms with Gasteiger partial charge in [0.05, 0.1) is 17.0 Å². The van der Waals surface area contributed by atoms with Gasteiger partial charge in [-0.15, -0.1) is 10.2 Å². The van der Waals surface area contributed by atoms with E-state index in [1.54, 1.807) is 0 Å². The Morgan fingerprint density at radius 1 is 1.19 bits per heavy atom. The van der Waals surface area contributed by atoms with E-state index in [4.69, 9.17) is 0 Å². The minimum Gasteiger partial charge on any atom is -0.325 e. The summed E-state index contributed by atoms with van der Waals surface area (Å²) in [7, 11) is 0. The second-order valence-corrected chi connectivity index (χ2v) is 7.54. The van der Waals surface area contributed by atoms with E-state index in [1.165, 1.54) is 30.0 Å². The molecule has 5 nitrogen and oxygen atoms in total. The third-order valence-corrected chi connectivity index (χ3v) is 5.33. The van der Waals surface area contributed by atoms with Crippen molar-refractivity contribution < 1.29 is 18.0 Å². The number of para-hydroxylation sites is 1. The maximum atomic E-state index is 13.0. The van der Waals surface area contributed by atoms with Gasteiger partial charge < -0.3 is 9.88 Å². The van der Waals surface area contributed by atoms with Crippen LogP contribution in [0, 0.1) is 0 Å². The largest absolute Gasteiger partial charge is 0.418 e. The van der Waals surface area contributed by atoms with Crippen LogP contribution >= 0.6 is 11.8 Å². The van der Waals surface area contributed by atoms with E-state index in [0.29, 0.717) is 17.1 Å². The Kier molecular flexibility index (Phi) is 4.42. The van der Waals surface area contributed by atoms with Crippen molar-refractivity contribution in [3.63, 3.8) is 0 Å². The quantitative estimate of drug-likeness (QED) is 0.759. The fourth-order valence-corrected chi connectivity index (χ4v) is 3.65. The maximum Gasteiger partial charge on any atom is 0.418 e. The van der Waals surface area contributed by atoms with Gasteiger partial charge in [0.25, 0.3) is 0 Å². The highest BCUT2D eigenvalue weighted by Gasteiger charge is 2.37. The van der Waals surface area contributed by atoms with Crippen molar-refractivity contribution in [1.29, 1.82) is 0 Å². The van der Waals surface area contributed by atoms with Gasteiger partial charge in [-0.1, -0.05) is 23.9 Å². The van der Waals surface area contributed by atoms with Gasteiger partial charge in [0.2, 0.25) is 5.91 Å². The van der Waals surface area contributed by atoms with Crippen LogP contribution in [0.15, 0.2) is 29.4 Å². The minimum absolute atomic E-state index is 0.0122. The molecular weight excluding hydrogens is 365 g/mol. The summed E-state index contributed by atoms with van der Waals surface area (Å²) >= 11 is 1.22. The van der Waals surface area contributed by atoms with Crippen molar-refractivity contribution in [1.82, 2.24) is 14.8 Å². The first-order valence-electron chi connectivity index (χ1n) is 8.47. The molecule has 9 heteroatoms.